The van der Waals surface area contributed by atoms with E-state index in [9.17, 15) is 24.6 Å². The van der Waals surface area contributed by atoms with Crippen molar-refractivity contribution >= 4 is 24.4 Å². The Bertz CT molecular complexity index is 1330. The van der Waals surface area contributed by atoms with Crippen LogP contribution in [0.1, 0.15) is 33.4 Å². The minimum Gasteiger partial charge on any atom is -0.462 e. The van der Waals surface area contributed by atoms with Gasteiger partial charge in [-0.15, -0.1) is 6.42 Å². The van der Waals surface area contributed by atoms with Crippen LogP contribution >= 0.6 is 6.64 Å². The molecule has 1 aromatic carbocycles. The Hall–Kier alpha value is -2.82. The van der Waals surface area contributed by atoms with E-state index in [0.717, 1.165) is 16.8 Å². The summed E-state index contributed by atoms with van der Waals surface area (Å²) >= 11 is 5.64. The SMILES string of the molecule is C#C[C@@]1(O)[C@H](O)[C@@H](CCO[P@](=S)(N[C@@H](C)C(=O)OC(C)C)Oc2ccccc2)O[C@H]1n1ccc(=O)[nH]c1=O. The van der Waals surface area contributed by atoms with Gasteiger partial charge in [0, 0.05) is 18.7 Å². The van der Waals surface area contributed by atoms with Crippen molar-refractivity contribution < 1.29 is 33.5 Å². The largest absolute Gasteiger partial charge is 0.462 e. The van der Waals surface area contributed by atoms with E-state index in [0.29, 0.717) is 5.75 Å². The van der Waals surface area contributed by atoms with Crippen LogP contribution < -0.4 is 20.9 Å². The third-order valence-corrected chi connectivity index (χ3v) is 8.04. The van der Waals surface area contributed by atoms with E-state index in [1.807, 2.05) is 4.98 Å². The van der Waals surface area contributed by atoms with E-state index >= 15 is 0 Å². The number of terminal acetylenes is 1. The smallest absolute Gasteiger partial charge is 0.330 e. The van der Waals surface area contributed by atoms with Crippen LogP contribution in [0.4, 0.5) is 0 Å². The summed E-state index contributed by atoms with van der Waals surface area (Å²) in [5, 5.41) is 24.6. The Morgan fingerprint density at radius 1 is 1.32 bits per heavy atom. The molecular weight excluding hydrogens is 537 g/mol. The number of rotatable bonds is 11. The van der Waals surface area contributed by atoms with Crippen LogP contribution in [-0.2, 0) is 30.6 Å². The number of esters is 1. The van der Waals surface area contributed by atoms with Gasteiger partial charge >= 0.3 is 18.3 Å². The van der Waals surface area contributed by atoms with E-state index in [1.54, 1.807) is 51.1 Å². The molecule has 0 saturated carbocycles. The van der Waals surface area contributed by atoms with Gasteiger partial charge in [-0.05, 0) is 44.7 Å². The molecule has 1 aliphatic rings. The maximum atomic E-state index is 12.4. The van der Waals surface area contributed by atoms with E-state index in [4.69, 9.17) is 36.8 Å². The number of para-hydroxylation sites is 1. The molecule has 6 atom stereocenters. The van der Waals surface area contributed by atoms with Crippen LogP contribution in [0.5, 0.6) is 5.75 Å². The Kier molecular flexibility index (Phi) is 9.67. The minimum atomic E-state index is -3.35. The molecule has 206 valence electrons. The van der Waals surface area contributed by atoms with Crippen LogP contribution in [0.15, 0.2) is 52.2 Å². The van der Waals surface area contributed by atoms with Gasteiger partial charge in [-0.1, -0.05) is 24.1 Å². The lowest BCUT2D eigenvalue weighted by Gasteiger charge is -2.27. The summed E-state index contributed by atoms with van der Waals surface area (Å²) in [7, 11) is 0. The normalized spacial score (nSPS) is 25.3. The van der Waals surface area contributed by atoms with Gasteiger partial charge in [0.05, 0.1) is 18.8 Å². The molecule has 3 rings (SSSR count). The monoisotopic (exact) mass is 567 g/mol. The molecule has 0 radical (unpaired) electrons. The fraction of sp³-hybridized carbons (Fsp3) is 0.458. The van der Waals surface area contributed by atoms with Crippen LogP contribution in [-0.4, -0.2) is 62.3 Å². The fourth-order valence-electron chi connectivity index (χ4n) is 3.67. The highest BCUT2D eigenvalue weighted by atomic mass is 32.5. The van der Waals surface area contributed by atoms with Gasteiger partial charge in [0.1, 0.15) is 17.9 Å². The lowest BCUT2D eigenvalue weighted by molar-refractivity contribution is -0.149. The number of ether oxygens (including phenoxy) is 2. The second-order valence-corrected chi connectivity index (χ2v) is 12.0. The number of nitrogens with zero attached hydrogens (tertiary/aromatic N) is 1. The number of hydrogen-bond acceptors (Lipinski definition) is 10. The second kappa shape index (κ2) is 12.4. The number of aromatic nitrogens is 2. The predicted octanol–water partition coefficient (Wildman–Crippen LogP) is 0.799. The number of carbonyl (C=O) groups excluding carboxylic acids is 1. The van der Waals surface area contributed by atoms with Crippen molar-refractivity contribution in [2.75, 3.05) is 6.61 Å². The molecule has 0 bridgehead atoms. The zero-order chi connectivity index (χ0) is 28.1. The summed E-state index contributed by atoms with van der Waals surface area (Å²) in [4.78, 5) is 38.1. The Morgan fingerprint density at radius 3 is 2.61 bits per heavy atom. The summed E-state index contributed by atoms with van der Waals surface area (Å²) in [6.07, 6.45) is 2.06. The highest BCUT2D eigenvalue weighted by Gasteiger charge is 2.55. The lowest BCUT2D eigenvalue weighted by Crippen LogP contribution is -2.47. The number of H-pyrrole nitrogens is 1. The van der Waals surface area contributed by atoms with Gasteiger partial charge in [0.15, 0.2) is 11.8 Å². The number of carbonyl (C=O) groups is 1. The number of benzene rings is 1. The number of nitrogens with one attached hydrogen (secondary N) is 2. The first-order valence-electron chi connectivity index (χ1n) is 11.7. The van der Waals surface area contributed by atoms with Gasteiger partial charge in [0.2, 0.25) is 0 Å². The van der Waals surface area contributed by atoms with E-state index in [2.05, 4.69) is 11.0 Å². The van der Waals surface area contributed by atoms with Crippen molar-refractivity contribution in [3.05, 3.63) is 63.4 Å². The number of aliphatic hydroxyl groups excluding tert-OH is 1. The molecule has 12 nitrogen and oxygen atoms in total. The maximum Gasteiger partial charge on any atom is 0.330 e. The van der Waals surface area contributed by atoms with Gasteiger partial charge in [-0.25, -0.2) is 9.88 Å². The van der Waals surface area contributed by atoms with Crippen molar-refractivity contribution in [2.24, 2.45) is 0 Å². The Morgan fingerprint density at radius 2 is 2.00 bits per heavy atom. The Labute approximate surface area is 224 Å². The molecule has 0 amide bonds. The first-order chi connectivity index (χ1) is 17.9. The standard InChI is InChI=1S/C24H30N3O9PS/c1-5-24(32)20(29)18(35-22(24)27-13-11-19(28)25-23(27)31)12-14-33-37(38,36-17-9-7-6-8-10-17)26-16(4)21(30)34-15(2)3/h1,6-11,13,15-16,18,20,22,29,32H,12,14H2,2-4H3,(H,26,38)(H,25,28,31)/t16-,18+,20+,22+,24+,37+/m0/s1. The summed E-state index contributed by atoms with van der Waals surface area (Å²) in [5.74, 6) is 1.95. The number of aliphatic hydroxyl groups is 2. The number of aromatic amines is 1. The van der Waals surface area contributed by atoms with E-state index in [1.165, 1.54) is 0 Å². The molecule has 1 aliphatic heterocycles. The second-order valence-electron chi connectivity index (χ2n) is 8.82. The Balaban J connectivity index is 1.75. The summed E-state index contributed by atoms with van der Waals surface area (Å²) in [6, 6.07) is 8.82. The van der Waals surface area contributed by atoms with Crippen LogP contribution in [0.2, 0.25) is 0 Å². The molecule has 0 aliphatic carbocycles. The molecule has 0 unspecified atom stereocenters. The van der Waals surface area contributed by atoms with E-state index < -0.39 is 53.9 Å². The molecular formula is C24H30N3O9PS. The molecule has 4 N–H and O–H groups in total. The van der Waals surface area contributed by atoms with Crippen molar-refractivity contribution in [1.82, 2.24) is 14.6 Å². The molecule has 0 spiro atoms. The first-order valence-corrected chi connectivity index (χ1v) is 14.3. The fourth-order valence-corrected chi connectivity index (χ4v) is 6.13. The van der Waals surface area contributed by atoms with Gasteiger partial charge < -0.3 is 28.7 Å². The maximum absolute atomic E-state index is 12.4. The quantitative estimate of drug-likeness (QED) is 0.173. The highest BCUT2D eigenvalue weighted by Crippen LogP contribution is 2.46. The van der Waals surface area contributed by atoms with Gasteiger partial charge in [-0.3, -0.25) is 19.1 Å². The van der Waals surface area contributed by atoms with E-state index in [-0.39, 0.29) is 19.1 Å². The average molecular weight is 568 g/mol. The molecule has 1 saturated heterocycles. The number of hydrogen-bond donors (Lipinski definition) is 4. The van der Waals surface area contributed by atoms with Gasteiger partial charge in [-0.2, -0.15) is 0 Å². The van der Waals surface area contributed by atoms with Crippen LogP contribution in [0.25, 0.3) is 0 Å². The van der Waals surface area contributed by atoms with Crippen LogP contribution in [0, 0.1) is 12.3 Å². The lowest BCUT2D eigenvalue weighted by atomic mass is 9.94. The average Bonchev–Trinajstić information content (AvgIpc) is 3.09. The van der Waals surface area contributed by atoms with Crippen molar-refractivity contribution in [2.45, 2.75) is 63.4 Å². The van der Waals surface area contributed by atoms with Crippen LogP contribution in [0.3, 0.4) is 0 Å². The van der Waals surface area contributed by atoms with Gasteiger partial charge in [0.25, 0.3) is 5.56 Å². The molecule has 1 aromatic heterocycles. The third-order valence-electron chi connectivity index (χ3n) is 5.51. The zero-order valence-electron chi connectivity index (χ0n) is 21.0. The summed E-state index contributed by atoms with van der Waals surface area (Å²) in [5.41, 5.74) is -3.80. The minimum absolute atomic E-state index is 0.0250. The van der Waals surface area contributed by atoms with Crippen molar-refractivity contribution in [3.8, 4) is 18.1 Å². The highest BCUT2D eigenvalue weighted by molar-refractivity contribution is 8.09. The molecule has 2 heterocycles. The molecule has 2 aromatic rings. The topological polar surface area (TPSA) is 161 Å². The molecule has 38 heavy (non-hydrogen) atoms. The summed E-state index contributed by atoms with van der Waals surface area (Å²) in [6.45, 7) is 1.51. The molecule has 14 heteroatoms. The van der Waals surface area contributed by atoms with Crippen molar-refractivity contribution in [1.29, 1.82) is 0 Å². The van der Waals surface area contributed by atoms with Crippen molar-refractivity contribution in [3.63, 3.8) is 0 Å². The first kappa shape index (κ1) is 29.7. The summed E-state index contributed by atoms with van der Waals surface area (Å²) < 4.78 is 23.7. The molecule has 1 fully saturated rings. The third kappa shape index (κ3) is 6.98. The zero-order valence-corrected chi connectivity index (χ0v) is 22.7. The predicted molar refractivity (Wildman–Crippen MR) is 141 cm³/mol.